The lowest BCUT2D eigenvalue weighted by Gasteiger charge is -2.10. The number of methoxy groups -OCH3 is 1. The maximum Gasteiger partial charge on any atom is 0.412 e. The molecule has 2 aromatic carbocycles. The first-order valence-electron chi connectivity index (χ1n) is 8.10. The molecule has 3 rings (SSSR count). The monoisotopic (exact) mass is 440 g/mol. The van der Waals surface area contributed by atoms with Gasteiger partial charge < -0.3 is 14.0 Å². The Balaban J connectivity index is 1.85. The summed E-state index contributed by atoms with van der Waals surface area (Å²) in [6.07, 6.45) is -0.718. The van der Waals surface area contributed by atoms with Crippen LogP contribution in [-0.2, 0) is 22.7 Å². The minimum atomic E-state index is -0.718. The summed E-state index contributed by atoms with van der Waals surface area (Å²) in [6, 6.07) is 12.1. The van der Waals surface area contributed by atoms with Crippen LogP contribution in [0.4, 0.5) is 10.5 Å². The SMILES string of the molecule is COCc1onc(-c2c(Cl)cccc2Cl)c1NC(=O)OCc1ccccc1Cl. The number of ether oxygens (including phenoxy) is 2. The number of hydrogen-bond donors (Lipinski definition) is 1. The summed E-state index contributed by atoms with van der Waals surface area (Å²) in [6.45, 7) is 0.0772. The Morgan fingerprint density at radius 3 is 2.39 bits per heavy atom. The van der Waals surface area contributed by atoms with E-state index in [4.69, 9.17) is 48.8 Å². The molecule has 0 aliphatic rings. The third kappa shape index (κ3) is 4.59. The van der Waals surface area contributed by atoms with Crippen molar-refractivity contribution >= 4 is 46.6 Å². The Labute approximate surface area is 176 Å². The summed E-state index contributed by atoms with van der Waals surface area (Å²) in [7, 11) is 1.49. The van der Waals surface area contributed by atoms with Crippen molar-refractivity contribution in [3.05, 3.63) is 68.9 Å². The molecule has 0 saturated heterocycles. The smallest absolute Gasteiger partial charge is 0.412 e. The quantitative estimate of drug-likeness (QED) is 0.493. The van der Waals surface area contributed by atoms with Gasteiger partial charge in [-0.3, -0.25) is 5.32 Å². The average Bonchev–Trinajstić information content (AvgIpc) is 3.03. The fraction of sp³-hybridized carbons (Fsp3) is 0.158. The van der Waals surface area contributed by atoms with Gasteiger partial charge >= 0.3 is 6.09 Å². The van der Waals surface area contributed by atoms with E-state index in [1.54, 1.807) is 42.5 Å². The Hall–Kier alpha value is -2.25. The molecule has 0 spiro atoms. The Morgan fingerprint density at radius 1 is 1.04 bits per heavy atom. The third-order valence-corrected chi connectivity index (χ3v) is 4.78. The number of benzene rings is 2. The zero-order chi connectivity index (χ0) is 20.1. The van der Waals surface area contributed by atoms with Gasteiger partial charge in [-0.1, -0.05) is 64.2 Å². The van der Waals surface area contributed by atoms with E-state index >= 15 is 0 Å². The average molecular weight is 442 g/mol. The molecule has 6 nitrogen and oxygen atoms in total. The number of nitrogens with zero attached hydrogens (tertiary/aromatic N) is 1. The van der Waals surface area contributed by atoms with Crippen LogP contribution in [0.3, 0.4) is 0 Å². The molecule has 0 aliphatic heterocycles. The molecule has 1 N–H and O–H groups in total. The molecule has 146 valence electrons. The van der Waals surface area contributed by atoms with Gasteiger partial charge in [0.1, 0.15) is 24.6 Å². The van der Waals surface area contributed by atoms with Crippen molar-refractivity contribution in [2.24, 2.45) is 0 Å². The van der Waals surface area contributed by atoms with Gasteiger partial charge in [-0.05, 0) is 18.2 Å². The van der Waals surface area contributed by atoms with Crippen LogP contribution in [0.2, 0.25) is 15.1 Å². The van der Waals surface area contributed by atoms with Crippen molar-refractivity contribution in [2.75, 3.05) is 12.4 Å². The number of carbonyl (C=O) groups excluding carboxylic acids is 1. The van der Waals surface area contributed by atoms with Crippen LogP contribution >= 0.6 is 34.8 Å². The molecular weight excluding hydrogens is 427 g/mol. The summed E-state index contributed by atoms with van der Waals surface area (Å²) in [5.41, 5.74) is 1.65. The van der Waals surface area contributed by atoms with Crippen LogP contribution in [0.15, 0.2) is 47.0 Å². The molecule has 0 atom stereocenters. The molecule has 28 heavy (non-hydrogen) atoms. The molecule has 0 radical (unpaired) electrons. The van der Waals surface area contributed by atoms with Crippen LogP contribution < -0.4 is 5.32 Å². The maximum absolute atomic E-state index is 12.4. The number of amides is 1. The Kier molecular flexibility index (Phi) is 6.80. The highest BCUT2D eigenvalue weighted by atomic mass is 35.5. The predicted molar refractivity (Wildman–Crippen MR) is 108 cm³/mol. The molecule has 0 bridgehead atoms. The van der Waals surface area contributed by atoms with E-state index in [1.807, 2.05) is 0 Å². The normalized spacial score (nSPS) is 10.7. The Bertz CT molecular complexity index is 971. The second kappa shape index (κ2) is 9.30. The van der Waals surface area contributed by atoms with Gasteiger partial charge in [0.05, 0.1) is 10.0 Å². The zero-order valence-electron chi connectivity index (χ0n) is 14.7. The van der Waals surface area contributed by atoms with Crippen molar-refractivity contribution in [1.29, 1.82) is 0 Å². The number of aromatic nitrogens is 1. The minimum Gasteiger partial charge on any atom is -0.444 e. The van der Waals surface area contributed by atoms with Gasteiger partial charge in [0.25, 0.3) is 0 Å². The molecule has 0 saturated carbocycles. The van der Waals surface area contributed by atoms with Gasteiger partial charge in [-0.2, -0.15) is 0 Å². The van der Waals surface area contributed by atoms with Gasteiger partial charge in [0, 0.05) is 23.3 Å². The second-order valence-electron chi connectivity index (χ2n) is 5.65. The number of carbonyl (C=O) groups is 1. The topological polar surface area (TPSA) is 73.6 Å². The molecule has 9 heteroatoms. The van der Waals surface area contributed by atoms with Crippen LogP contribution in [0.1, 0.15) is 11.3 Å². The molecule has 0 aliphatic carbocycles. The van der Waals surface area contributed by atoms with Crippen LogP contribution in [0.5, 0.6) is 0 Å². The molecular formula is C19H15Cl3N2O4. The largest absolute Gasteiger partial charge is 0.444 e. The number of anilines is 1. The van der Waals surface area contributed by atoms with E-state index in [2.05, 4.69) is 10.5 Å². The van der Waals surface area contributed by atoms with Crippen molar-refractivity contribution < 1.29 is 18.8 Å². The third-order valence-electron chi connectivity index (χ3n) is 3.78. The van der Waals surface area contributed by atoms with Crippen molar-refractivity contribution in [1.82, 2.24) is 5.16 Å². The van der Waals surface area contributed by atoms with Crippen LogP contribution in [0, 0.1) is 0 Å². The van der Waals surface area contributed by atoms with E-state index < -0.39 is 6.09 Å². The fourth-order valence-corrected chi connectivity index (χ4v) is 3.24. The van der Waals surface area contributed by atoms with Crippen LogP contribution in [0.25, 0.3) is 11.3 Å². The first-order valence-corrected chi connectivity index (χ1v) is 9.23. The van der Waals surface area contributed by atoms with Crippen molar-refractivity contribution in [3.8, 4) is 11.3 Å². The highest BCUT2D eigenvalue weighted by Crippen LogP contribution is 2.39. The first-order chi connectivity index (χ1) is 13.5. The molecule has 0 unspecified atom stereocenters. The van der Waals surface area contributed by atoms with Gasteiger partial charge in [-0.15, -0.1) is 0 Å². The van der Waals surface area contributed by atoms with Gasteiger partial charge in [0.15, 0.2) is 5.76 Å². The molecule has 3 aromatic rings. The summed E-state index contributed by atoms with van der Waals surface area (Å²) < 4.78 is 15.7. The number of nitrogens with one attached hydrogen (secondary N) is 1. The lowest BCUT2D eigenvalue weighted by molar-refractivity contribution is 0.152. The van der Waals surface area contributed by atoms with Crippen LogP contribution in [-0.4, -0.2) is 18.4 Å². The standard InChI is InChI=1S/C19H15Cl3N2O4/c1-26-10-15-17(18(24-28-15)16-13(21)7-4-8-14(16)22)23-19(25)27-9-11-5-2-3-6-12(11)20/h2-8H,9-10H2,1H3,(H,23,25). The molecule has 1 aromatic heterocycles. The van der Waals surface area contributed by atoms with Gasteiger partial charge in [-0.25, -0.2) is 4.79 Å². The van der Waals surface area contributed by atoms with E-state index in [0.29, 0.717) is 32.0 Å². The molecule has 0 fully saturated rings. The van der Waals surface area contributed by atoms with E-state index in [1.165, 1.54) is 7.11 Å². The Morgan fingerprint density at radius 2 is 1.71 bits per heavy atom. The molecule has 1 amide bonds. The summed E-state index contributed by atoms with van der Waals surface area (Å²) in [5.74, 6) is 0.295. The predicted octanol–water partition coefficient (Wildman–Crippen LogP) is 6.20. The number of rotatable bonds is 6. The second-order valence-corrected chi connectivity index (χ2v) is 6.87. The van der Waals surface area contributed by atoms with Crippen molar-refractivity contribution in [3.63, 3.8) is 0 Å². The number of halogens is 3. The highest BCUT2D eigenvalue weighted by molar-refractivity contribution is 6.39. The van der Waals surface area contributed by atoms with Crippen molar-refractivity contribution in [2.45, 2.75) is 13.2 Å². The molecule has 1 heterocycles. The minimum absolute atomic E-state index is 0.00141. The zero-order valence-corrected chi connectivity index (χ0v) is 16.9. The lowest BCUT2D eigenvalue weighted by atomic mass is 10.1. The highest BCUT2D eigenvalue weighted by Gasteiger charge is 2.23. The summed E-state index contributed by atoms with van der Waals surface area (Å²) in [5, 5.41) is 7.85. The maximum atomic E-state index is 12.4. The summed E-state index contributed by atoms with van der Waals surface area (Å²) >= 11 is 18.6. The first kappa shape index (κ1) is 20.5. The summed E-state index contributed by atoms with van der Waals surface area (Å²) in [4.78, 5) is 12.4. The van der Waals surface area contributed by atoms with E-state index in [-0.39, 0.29) is 24.6 Å². The van der Waals surface area contributed by atoms with Gasteiger partial charge in [0.2, 0.25) is 0 Å². The van der Waals surface area contributed by atoms with E-state index in [9.17, 15) is 4.79 Å². The number of hydrogen-bond acceptors (Lipinski definition) is 5. The van der Waals surface area contributed by atoms with E-state index in [0.717, 1.165) is 0 Å². The lowest BCUT2D eigenvalue weighted by Crippen LogP contribution is -2.15. The fourth-order valence-electron chi connectivity index (χ4n) is 2.47.